The monoisotopic (exact) mass is 218 g/mol. The van der Waals surface area contributed by atoms with Crippen molar-refractivity contribution < 1.29 is 17.6 Å². The van der Waals surface area contributed by atoms with Crippen molar-refractivity contribution in [3.8, 4) is 0 Å². The van der Waals surface area contributed by atoms with Crippen molar-refractivity contribution in [3.05, 3.63) is 34.4 Å². The largest absolute Gasteiger partial charge is 0.279 e. The van der Waals surface area contributed by atoms with Crippen LogP contribution in [0.25, 0.3) is 0 Å². The van der Waals surface area contributed by atoms with Crippen molar-refractivity contribution >= 4 is 0 Å². The van der Waals surface area contributed by atoms with E-state index in [2.05, 4.69) is 0 Å². The zero-order valence-electron chi connectivity index (χ0n) is 8.37. The summed E-state index contributed by atoms with van der Waals surface area (Å²) in [7, 11) is 0. The highest BCUT2D eigenvalue weighted by Crippen LogP contribution is 2.47. The zero-order valence-corrected chi connectivity index (χ0v) is 8.37. The molecule has 0 radical (unpaired) electrons. The normalized spacial score (nSPS) is 22.9. The van der Waals surface area contributed by atoms with E-state index in [1.165, 1.54) is 19.9 Å². The van der Waals surface area contributed by atoms with Crippen molar-refractivity contribution in [1.29, 1.82) is 0 Å². The Morgan fingerprint density at radius 2 is 1.87 bits per heavy atom. The zero-order chi connectivity index (χ0) is 11.4. The number of alkyl halides is 2. The molecule has 0 heterocycles. The molecule has 82 valence electrons. The average Bonchev–Trinajstić information content (AvgIpc) is 2.34. The fraction of sp³-hybridized carbons (Fsp3) is 0.455. The van der Waals surface area contributed by atoms with Crippen LogP contribution in [0.15, 0.2) is 6.07 Å². The van der Waals surface area contributed by atoms with Gasteiger partial charge in [-0.25, -0.2) is 17.6 Å². The summed E-state index contributed by atoms with van der Waals surface area (Å²) >= 11 is 0. The van der Waals surface area contributed by atoms with Crippen LogP contribution in [0.5, 0.6) is 0 Å². The van der Waals surface area contributed by atoms with Gasteiger partial charge >= 0.3 is 0 Å². The maximum absolute atomic E-state index is 13.5. The molecule has 1 aliphatic carbocycles. The van der Waals surface area contributed by atoms with Crippen LogP contribution in [0.4, 0.5) is 17.6 Å². The summed E-state index contributed by atoms with van der Waals surface area (Å²) < 4.78 is 53.5. The van der Waals surface area contributed by atoms with E-state index in [4.69, 9.17) is 0 Å². The van der Waals surface area contributed by atoms with E-state index in [0.717, 1.165) is 0 Å². The van der Waals surface area contributed by atoms with E-state index in [-0.39, 0.29) is 17.5 Å². The van der Waals surface area contributed by atoms with E-state index < -0.39 is 29.0 Å². The predicted molar refractivity (Wildman–Crippen MR) is 47.9 cm³/mol. The molecule has 0 aromatic heterocycles. The molecule has 1 aromatic rings. The molecule has 0 N–H and O–H groups in total. The SMILES string of the molecule is Cc1cc2c(c(F)c1F)C(F)(F)[C@H](C)C2. The average molecular weight is 218 g/mol. The topological polar surface area (TPSA) is 0 Å². The van der Waals surface area contributed by atoms with Gasteiger partial charge in [0.2, 0.25) is 0 Å². The number of benzene rings is 1. The lowest BCUT2D eigenvalue weighted by atomic mass is 10.0. The molecular weight excluding hydrogens is 208 g/mol. The molecule has 0 fully saturated rings. The third-order valence-corrected chi connectivity index (χ3v) is 2.95. The Morgan fingerprint density at radius 1 is 1.27 bits per heavy atom. The maximum atomic E-state index is 13.5. The number of fused-ring (bicyclic) bond motifs is 1. The fourth-order valence-corrected chi connectivity index (χ4v) is 2.05. The van der Waals surface area contributed by atoms with Crippen LogP contribution < -0.4 is 0 Å². The van der Waals surface area contributed by atoms with Gasteiger partial charge in [-0.15, -0.1) is 0 Å². The van der Waals surface area contributed by atoms with Crippen molar-refractivity contribution in [1.82, 2.24) is 0 Å². The summed E-state index contributed by atoms with van der Waals surface area (Å²) in [5.41, 5.74) is -0.446. The lowest BCUT2D eigenvalue weighted by Gasteiger charge is -2.16. The standard InChI is InChI=1S/C11H10F4/c1-5-3-7-4-6(2)11(14,15)8(7)10(13)9(5)12/h3,6H,4H2,1-2H3/t6-/m1/s1. The van der Waals surface area contributed by atoms with Gasteiger partial charge in [0.15, 0.2) is 11.6 Å². The Labute approximate surface area is 84.9 Å². The Kier molecular flexibility index (Phi) is 2.07. The lowest BCUT2D eigenvalue weighted by Crippen LogP contribution is -2.19. The molecule has 0 bridgehead atoms. The number of halogens is 4. The molecule has 0 saturated carbocycles. The molecule has 4 heteroatoms. The molecular formula is C11H10F4. The molecule has 0 saturated heterocycles. The van der Waals surface area contributed by atoms with Gasteiger partial charge in [-0.3, -0.25) is 0 Å². The number of aryl methyl sites for hydroxylation is 1. The third-order valence-electron chi connectivity index (χ3n) is 2.95. The van der Waals surface area contributed by atoms with Gasteiger partial charge in [0, 0.05) is 5.92 Å². The Balaban J connectivity index is 2.72. The highest BCUT2D eigenvalue weighted by molar-refractivity contribution is 5.41. The van der Waals surface area contributed by atoms with Crippen molar-refractivity contribution in [2.24, 2.45) is 5.92 Å². The van der Waals surface area contributed by atoms with Crippen LogP contribution in [0, 0.1) is 24.5 Å². The van der Waals surface area contributed by atoms with Gasteiger partial charge in [-0.2, -0.15) is 0 Å². The van der Waals surface area contributed by atoms with Crippen molar-refractivity contribution in [2.75, 3.05) is 0 Å². The minimum atomic E-state index is -3.26. The Hall–Kier alpha value is -1.06. The lowest BCUT2D eigenvalue weighted by molar-refractivity contribution is -0.0481. The number of hydrogen-bond donors (Lipinski definition) is 0. The molecule has 0 unspecified atom stereocenters. The molecule has 1 aliphatic rings. The minimum Gasteiger partial charge on any atom is -0.203 e. The molecule has 0 aliphatic heterocycles. The van der Waals surface area contributed by atoms with Crippen LogP contribution >= 0.6 is 0 Å². The first-order valence-electron chi connectivity index (χ1n) is 4.71. The minimum absolute atomic E-state index is 0.0798. The second-order valence-electron chi connectivity index (χ2n) is 4.08. The smallest absolute Gasteiger partial charge is 0.203 e. The van der Waals surface area contributed by atoms with Gasteiger partial charge in [0.05, 0.1) is 5.56 Å². The van der Waals surface area contributed by atoms with E-state index in [1.54, 1.807) is 0 Å². The summed E-state index contributed by atoms with van der Waals surface area (Å²) in [6.07, 6.45) is 0.0976. The summed E-state index contributed by atoms with van der Waals surface area (Å²) in [5, 5.41) is 0. The summed E-state index contributed by atoms with van der Waals surface area (Å²) in [5.74, 6) is -6.78. The second kappa shape index (κ2) is 2.97. The van der Waals surface area contributed by atoms with Crippen LogP contribution in [0.1, 0.15) is 23.6 Å². The van der Waals surface area contributed by atoms with Gasteiger partial charge < -0.3 is 0 Å². The highest BCUT2D eigenvalue weighted by Gasteiger charge is 2.48. The van der Waals surface area contributed by atoms with E-state index in [9.17, 15) is 17.6 Å². The maximum Gasteiger partial charge on any atom is 0.279 e. The molecule has 1 atom stereocenters. The first kappa shape index (κ1) is 10.5. The van der Waals surface area contributed by atoms with Gasteiger partial charge in [0.25, 0.3) is 5.92 Å². The molecule has 0 amide bonds. The fourth-order valence-electron chi connectivity index (χ4n) is 2.05. The van der Waals surface area contributed by atoms with Crippen LogP contribution in [-0.4, -0.2) is 0 Å². The Bertz CT molecular complexity index is 423. The van der Waals surface area contributed by atoms with Gasteiger partial charge in [0.1, 0.15) is 0 Å². The van der Waals surface area contributed by atoms with Gasteiger partial charge in [-0.1, -0.05) is 13.0 Å². The summed E-state index contributed by atoms with van der Waals surface area (Å²) in [6, 6.07) is 1.31. The van der Waals surface area contributed by atoms with Crippen LogP contribution in [-0.2, 0) is 12.3 Å². The molecule has 15 heavy (non-hydrogen) atoms. The van der Waals surface area contributed by atoms with E-state index >= 15 is 0 Å². The molecule has 2 rings (SSSR count). The highest BCUT2D eigenvalue weighted by atomic mass is 19.3. The first-order chi connectivity index (χ1) is 6.85. The third kappa shape index (κ3) is 1.27. The van der Waals surface area contributed by atoms with Crippen molar-refractivity contribution in [3.63, 3.8) is 0 Å². The van der Waals surface area contributed by atoms with Crippen LogP contribution in [0.3, 0.4) is 0 Å². The van der Waals surface area contributed by atoms with E-state index in [1.807, 2.05) is 0 Å². The van der Waals surface area contributed by atoms with Crippen LogP contribution in [0.2, 0.25) is 0 Å². The first-order valence-corrected chi connectivity index (χ1v) is 4.71. The molecule has 0 nitrogen and oxygen atoms in total. The quantitative estimate of drug-likeness (QED) is 0.584. The molecule has 1 aromatic carbocycles. The Morgan fingerprint density at radius 3 is 2.47 bits per heavy atom. The molecule has 0 spiro atoms. The summed E-state index contributed by atoms with van der Waals surface area (Å²) in [4.78, 5) is 0. The number of rotatable bonds is 0. The predicted octanol–water partition coefficient (Wildman–Crippen LogP) is 3.56. The van der Waals surface area contributed by atoms with Gasteiger partial charge in [-0.05, 0) is 24.5 Å². The number of hydrogen-bond acceptors (Lipinski definition) is 0. The van der Waals surface area contributed by atoms with E-state index in [0.29, 0.717) is 0 Å². The van der Waals surface area contributed by atoms with Crippen molar-refractivity contribution in [2.45, 2.75) is 26.2 Å². The second-order valence-corrected chi connectivity index (χ2v) is 4.08. The summed E-state index contributed by atoms with van der Waals surface area (Å²) in [6.45, 7) is 2.71.